The largest absolute Gasteiger partial charge is 0.333 e. The van der Waals surface area contributed by atoms with E-state index < -0.39 is 0 Å². The van der Waals surface area contributed by atoms with Crippen molar-refractivity contribution in [2.75, 3.05) is 7.05 Å². The van der Waals surface area contributed by atoms with E-state index in [2.05, 4.69) is 11.1 Å². The van der Waals surface area contributed by atoms with Crippen molar-refractivity contribution < 1.29 is 4.79 Å². The van der Waals surface area contributed by atoms with Crippen LogP contribution in [0.15, 0.2) is 54.6 Å². The van der Waals surface area contributed by atoms with E-state index in [1.807, 2.05) is 62.5 Å². The monoisotopic (exact) mass is 296 g/mol. The Kier molecular flexibility index (Phi) is 3.71. The Labute approximate surface area is 127 Å². The lowest BCUT2D eigenvalue weighted by Crippen LogP contribution is -2.29. The second kappa shape index (κ2) is 5.66. The highest BCUT2D eigenvalue weighted by Gasteiger charge is 2.21. The van der Waals surface area contributed by atoms with Crippen molar-refractivity contribution in [1.29, 1.82) is 0 Å². The summed E-state index contributed by atoms with van der Waals surface area (Å²) < 4.78 is 1.15. The molecule has 0 N–H and O–H groups in total. The number of hydrogen-bond donors (Lipinski definition) is 0. The number of carbonyl (C=O) groups excluding carboxylic acids is 1. The van der Waals surface area contributed by atoms with Gasteiger partial charge in [-0.05, 0) is 31.2 Å². The Hall–Kier alpha value is -2.20. The predicted octanol–water partition coefficient (Wildman–Crippen LogP) is 4.13. The maximum Gasteiger partial charge on any atom is 0.254 e. The molecule has 0 bridgehead atoms. The van der Waals surface area contributed by atoms with Crippen molar-refractivity contribution in [3.63, 3.8) is 0 Å². The predicted molar refractivity (Wildman–Crippen MR) is 86.6 cm³/mol. The molecule has 21 heavy (non-hydrogen) atoms. The molecule has 0 fully saturated rings. The fourth-order valence-electron chi connectivity index (χ4n) is 2.19. The fourth-order valence-corrected chi connectivity index (χ4v) is 3.26. The average Bonchev–Trinajstić information content (AvgIpc) is 2.97. The van der Waals surface area contributed by atoms with Crippen LogP contribution in [0.25, 0.3) is 10.2 Å². The summed E-state index contributed by atoms with van der Waals surface area (Å²) in [5.41, 5.74) is 1.69. The summed E-state index contributed by atoms with van der Waals surface area (Å²) in [5.74, 6) is 0.0161. The minimum absolute atomic E-state index is 0.0161. The molecule has 0 aliphatic rings. The number of fused-ring (bicyclic) bond motifs is 1. The molecule has 0 aliphatic heterocycles. The van der Waals surface area contributed by atoms with Crippen molar-refractivity contribution >= 4 is 27.5 Å². The van der Waals surface area contributed by atoms with Crippen molar-refractivity contribution in [1.82, 2.24) is 9.88 Å². The first-order valence-electron chi connectivity index (χ1n) is 6.84. The maximum atomic E-state index is 12.5. The van der Waals surface area contributed by atoms with Crippen LogP contribution in [0.1, 0.15) is 28.3 Å². The summed E-state index contributed by atoms with van der Waals surface area (Å²) in [5, 5.41) is 0.961. The second-order valence-electron chi connectivity index (χ2n) is 4.98. The number of benzene rings is 2. The minimum atomic E-state index is -0.0462. The Morgan fingerprint density at radius 2 is 1.76 bits per heavy atom. The summed E-state index contributed by atoms with van der Waals surface area (Å²) in [4.78, 5) is 18.9. The van der Waals surface area contributed by atoms with Gasteiger partial charge in [0.2, 0.25) is 0 Å². The lowest BCUT2D eigenvalue weighted by atomic mass is 10.2. The van der Waals surface area contributed by atoms with Gasteiger partial charge in [-0.1, -0.05) is 30.3 Å². The number of aromatic nitrogens is 1. The third-order valence-electron chi connectivity index (χ3n) is 3.59. The number of amides is 1. The van der Waals surface area contributed by atoms with Crippen LogP contribution in [0.2, 0.25) is 0 Å². The molecule has 0 saturated carbocycles. The highest BCUT2D eigenvalue weighted by molar-refractivity contribution is 7.18. The smallest absolute Gasteiger partial charge is 0.254 e. The van der Waals surface area contributed by atoms with Crippen molar-refractivity contribution in [3.05, 3.63) is 65.2 Å². The van der Waals surface area contributed by atoms with Gasteiger partial charge in [0.05, 0.1) is 16.3 Å². The number of rotatable bonds is 3. The number of carbonyl (C=O) groups is 1. The van der Waals surface area contributed by atoms with Crippen LogP contribution >= 0.6 is 11.3 Å². The Balaban J connectivity index is 1.87. The minimum Gasteiger partial charge on any atom is -0.333 e. The van der Waals surface area contributed by atoms with E-state index in [4.69, 9.17) is 0 Å². The van der Waals surface area contributed by atoms with Crippen molar-refractivity contribution in [2.45, 2.75) is 13.0 Å². The SMILES string of the molecule is C[C@@H](c1nc2ccccc2s1)N(C)C(=O)c1ccccc1. The fraction of sp³-hybridized carbons (Fsp3) is 0.176. The number of para-hydroxylation sites is 1. The zero-order valence-corrected chi connectivity index (χ0v) is 12.8. The van der Waals surface area contributed by atoms with E-state index in [1.165, 1.54) is 0 Å². The normalized spacial score (nSPS) is 12.3. The first-order valence-corrected chi connectivity index (χ1v) is 7.66. The van der Waals surface area contributed by atoms with E-state index in [0.717, 1.165) is 15.2 Å². The van der Waals surface area contributed by atoms with Crippen LogP contribution in [0.5, 0.6) is 0 Å². The van der Waals surface area contributed by atoms with E-state index >= 15 is 0 Å². The lowest BCUT2D eigenvalue weighted by molar-refractivity contribution is 0.0742. The Morgan fingerprint density at radius 3 is 2.48 bits per heavy atom. The Bertz CT molecular complexity index is 734. The van der Waals surface area contributed by atoms with E-state index in [-0.39, 0.29) is 11.9 Å². The Morgan fingerprint density at radius 1 is 1.10 bits per heavy atom. The molecule has 0 aliphatic carbocycles. The van der Waals surface area contributed by atoms with Gasteiger partial charge in [0.15, 0.2) is 0 Å². The van der Waals surface area contributed by atoms with E-state index in [0.29, 0.717) is 5.56 Å². The van der Waals surface area contributed by atoms with E-state index in [1.54, 1.807) is 16.2 Å². The van der Waals surface area contributed by atoms with Gasteiger partial charge in [0.1, 0.15) is 5.01 Å². The molecule has 1 heterocycles. The summed E-state index contributed by atoms with van der Waals surface area (Å²) in [7, 11) is 1.83. The molecular formula is C17H16N2OS. The summed E-state index contributed by atoms with van der Waals surface area (Å²) in [6, 6.07) is 17.3. The van der Waals surface area contributed by atoms with Gasteiger partial charge in [-0.15, -0.1) is 11.3 Å². The van der Waals surface area contributed by atoms with Crippen molar-refractivity contribution in [2.24, 2.45) is 0 Å². The summed E-state index contributed by atoms with van der Waals surface area (Å²) in [6.07, 6.45) is 0. The van der Waals surface area contributed by atoms with Crippen LogP contribution in [0.3, 0.4) is 0 Å². The molecule has 0 radical (unpaired) electrons. The van der Waals surface area contributed by atoms with E-state index in [9.17, 15) is 4.79 Å². The van der Waals surface area contributed by atoms with Crippen LogP contribution in [0, 0.1) is 0 Å². The van der Waals surface area contributed by atoms with Gasteiger partial charge in [-0.2, -0.15) is 0 Å². The molecule has 0 unspecified atom stereocenters. The van der Waals surface area contributed by atoms with Gasteiger partial charge in [-0.25, -0.2) is 4.98 Å². The highest BCUT2D eigenvalue weighted by atomic mass is 32.1. The molecule has 1 amide bonds. The van der Waals surface area contributed by atoms with Crippen molar-refractivity contribution in [3.8, 4) is 0 Å². The van der Waals surface area contributed by atoms with Crippen LogP contribution in [0.4, 0.5) is 0 Å². The topological polar surface area (TPSA) is 33.2 Å². The number of thiazole rings is 1. The molecule has 0 spiro atoms. The van der Waals surface area contributed by atoms with Crippen LogP contribution in [-0.2, 0) is 0 Å². The van der Waals surface area contributed by atoms with Gasteiger partial charge in [0, 0.05) is 12.6 Å². The number of hydrogen-bond acceptors (Lipinski definition) is 3. The first-order chi connectivity index (χ1) is 10.2. The van der Waals surface area contributed by atoms with Gasteiger partial charge in [0.25, 0.3) is 5.91 Å². The van der Waals surface area contributed by atoms with Crippen LogP contribution < -0.4 is 0 Å². The van der Waals surface area contributed by atoms with Gasteiger partial charge < -0.3 is 4.90 Å². The zero-order chi connectivity index (χ0) is 14.8. The highest BCUT2D eigenvalue weighted by Crippen LogP contribution is 2.29. The third kappa shape index (κ3) is 2.67. The lowest BCUT2D eigenvalue weighted by Gasteiger charge is -2.23. The summed E-state index contributed by atoms with van der Waals surface area (Å²) >= 11 is 1.64. The summed E-state index contributed by atoms with van der Waals surface area (Å²) in [6.45, 7) is 2.01. The average molecular weight is 296 g/mol. The number of nitrogens with zero attached hydrogens (tertiary/aromatic N) is 2. The van der Waals surface area contributed by atoms with Gasteiger partial charge in [-0.3, -0.25) is 4.79 Å². The molecule has 4 heteroatoms. The molecule has 3 aromatic rings. The molecule has 106 valence electrons. The quantitative estimate of drug-likeness (QED) is 0.728. The second-order valence-corrected chi connectivity index (χ2v) is 6.04. The van der Waals surface area contributed by atoms with Crippen LogP contribution in [-0.4, -0.2) is 22.8 Å². The standard InChI is InChI=1S/C17H16N2OS/c1-12(16-18-14-10-6-7-11-15(14)21-16)19(2)17(20)13-8-4-3-5-9-13/h3-12H,1-2H3/t12-/m0/s1. The molecule has 2 aromatic carbocycles. The van der Waals surface area contributed by atoms with Gasteiger partial charge >= 0.3 is 0 Å². The molecule has 0 saturated heterocycles. The molecule has 1 atom stereocenters. The third-order valence-corrected chi connectivity index (χ3v) is 4.80. The first kappa shape index (κ1) is 13.8. The molecule has 3 rings (SSSR count). The molecule has 1 aromatic heterocycles. The maximum absolute atomic E-state index is 12.5. The zero-order valence-electron chi connectivity index (χ0n) is 12.0. The molecule has 3 nitrogen and oxygen atoms in total. The molecular weight excluding hydrogens is 280 g/mol.